The van der Waals surface area contributed by atoms with Crippen molar-refractivity contribution >= 4 is 5.91 Å². The van der Waals surface area contributed by atoms with E-state index in [9.17, 15) is 9.18 Å². The molecule has 1 N–H and O–H groups in total. The van der Waals surface area contributed by atoms with Crippen LogP contribution in [0.4, 0.5) is 4.39 Å². The Kier molecular flexibility index (Phi) is 4.22. The number of carbonyl (C=O) groups excluding carboxylic acids is 1. The topological polar surface area (TPSA) is 49.0 Å². The average Bonchev–Trinajstić information content (AvgIpc) is 3.14. The van der Waals surface area contributed by atoms with Crippen LogP contribution < -0.4 is 0 Å². The fraction of sp³-hybridized carbons (Fsp3) is 0.412. The molecule has 3 rings (SSSR count). The average molecular weight is 301 g/mol. The summed E-state index contributed by atoms with van der Waals surface area (Å²) in [5, 5.41) is 0. The molecule has 2 heterocycles. The van der Waals surface area contributed by atoms with Gasteiger partial charge in [-0.3, -0.25) is 4.79 Å². The molecule has 1 aromatic heterocycles. The quantitative estimate of drug-likeness (QED) is 0.943. The number of rotatable bonds is 4. The van der Waals surface area contributed by atoms with Crippen LogP contribution >= 0.6 is 0 Å². The van der Waals surface area contributed by atoms with Gasteiger partial charge in [-0.15, -0.1) is 0 Å². The molecule has 22 heavy (non-hydrogen) atoms. The summed E-state index contributed by atoms with van der Waals surface area (Å²) < 4.78 is 12.9. The lowest BCUT2D eigenvalue weighted by Gasteiger charge is -2.23. The van der Waals surface area contributed by atoms with Gasteiger partial charge in [0.05, 0.1) is 6.04 Å². The molecule has 0 unspecified atom stereocenters. The van der Waals surface area contributed by atoms with Gasteiger partial charge >= 0.3 is 0 Å². The highest BCUT2D eigenvalue weighted by Gasteiger charge is 2.31. The highest BCUT2D eigenvalue weighted by atomic mass is 19.1. The van der Waals surface area contributed by atoms with Gasteiger partial charge in [0.25, 0.3) is 0 Å². The molecule has 1 atom stereocenters. The van der Waals surface area contributed by atoms with Gasteiger partial charge in [0.15, 0.2) is 0 Å². The van der Waals surface area contributed by atoms with Crippen molar-refractivity contribution in [3.05, 3.63) is 53.4 Å². The molecule has 1 saturated heterocycles. The molecule has 0 saturated carbocycles. The van der Waals surface area contributed by atoms with Gasteiger partial charge in [0.1, 0.15) is 11.6 Å². The van der Waals surface area contributed by atoms with E-state index in [0.29, 0.717) is 12.8 Å². The molecule has 4 nitrogen and oxygen atoms in total. The molecular weight excluding hydrogens is 281 g/mol. The summed E-state index contributed by atoms with van der Waals surface area (Å²) in [6.07, 6.45) is 4.85. The van der Waals surface area contributed by atoms with E-state index in [1.807, 2.05) is 11.8 Å². The molecule has 0 radical (unpaired) electrons. The van der Waals surface area contributed by atoms with Gasteiger partial charge in [0.2, 0.25) is 5.91 Å². The van der Waals surface area contributed by atoms with Crippen molar-refractivity contribution in [2.24, 2.45) is 0 Å². The minimum Gasteiger partial charge on any atom is -0.344 e. The molecule has 1 aliphatic rings. The number of likely N-dealkylation sites (tertiary alicyclic amines) is 1. The molecular formula is C17H20FN3O. The number of aromatic amines is 1. The molecule has 0 aliphatic carbocycles. The predicted molar refractivity (Wildman–Crippen MR) is 81.7 cm³/mol. The number of aromatic nitrogens is 2. The molecule has 1 aliphatic heterocycles. The molecule has 0 spiro atoms. The molecule has 2 aromatic rings. The Labute approximate surface area is 129 Å². The van der Waals surface area contributed by atoms with Crippen LogP contribution in [0.5, 0.6) is 0 Å². The summed E-state index contributed by atoms with van der Waals surface area (Å²) in [6.45, 7) is 2.75. The lowest BCUT2D eigenvalue weighted by Crippen LogP contribution is -2.31. The number of nitrogens with one attached hydrogen (secondary N) is 1. The van der Waals surface area contributed by atoms with E-state index in [1.165, 1.54) is 12.1 Å². The second-order valence-corrected chi connectivity index (χ2v) is 5.82. The first kappa shape index (κ1) is 14.8. The lowest BCUT2D eigenvalue weighted by atomic mass is 10.1. The Morgan fingerprint density at radius 2 is 2.18 bits per heavy atom. The third-order valence-electron chi connectivity index (χ3n) is 4.15. The van der Waals surface area contributed by atoms with Gasteiger partial charge in [-0.2, -0.15) is 0 Å². The third-order valence-corrected chi connectivity index (χ3v) is 4.15. The number of aryl methyl sites for hydroxylation is 2. The minimum absolute atomic E-state index is 0.0643. The zero-order chi connectivity index (χ0) is 15.5. The number of imidazole rings is 1. The number of H-pyrrole nitrogens is 1. The van der Waals surface area contributed by atoms with Crippen molar-refractivity contribution in [1.29, 1.82) is 0 Å². The first-order chi connectivity index (χ1) is 10.6. The number of hydrogen-bond donors (Lipinski definition) is 1. The summed E-state index contributed by atoms with van der Waals surface area (Å²) >= 11 is 0. The number of benzene rings is 1. The van der Waals surface area contributed by atoms with Crippen molar-refractivity contribution in [2.45, 2.75) is 38.6 Å². The van der Waals surface area contributed by atoms with Crippen LogP contribution in [-0.4, -0.2) is 27.3 Å². The maximum atomic E-state index is 12.9. The van der Waals surface area contributed by atoms with E-state index in [-0.39, 0.29) is 17.8 Å². The highest BCUT2D eigenvalue weighted by Crippen LogP contribution is 2.30. The molecule has 116 valence electrons. The van der Waals surface area contributed by atoms with Crippen molar-refractivity contribution in [3.63, 3.8) is 0 Å². The Morgan fingerprint density at radius 3 is 2.86 bits per heavy atom. The van der Waals surface area contributed by atoms with E-state index in [1.54, 1.807) is 18.3 Å². The minimum atomic E-state index is -0.247. The maximum Gasteiger partial charge on any atom is 0.223 e. The van der Waals surface area contributed by atoms with Gasteiger partial charge in [-0.25, -0.2) is 9.37 Å². The van der Waals surface area contributed by atoms with E-state index in [4.69, 9.17) is 0 Å². The number of carbonyl (C=O) groups is 1. The fourth-order valence-electron chi connectivity index (χ4n) is 3.00. The Bertz CT molecular complexity index is 650. The van der Waals surface area contributed by atoms with Crippen LogP contribution in [0.25, 0.3) is 0 Å². The largest absolute Gasteiger partial charge is 0.344 e. The second kappa shape index (κ2) is 6.30. The van der Waals surface area contributed by atoms with E-state index in [0.717, 1.165) is 36.5 Å². The smallest absolute Gasteiger partial charge is 0.223 e. The SMILES string of the molecule is Cc1cnc([C@@H]2CCCN2C(=O)CCc2ccc(F)cc2)[nH]1. The van der Waals surface area contributed by atoms with Gasteiger partial charge in [0, 0.05) is 24.9 Å². The van der Waals surface area contributed by atoms with Crippen LogP contribution in [0, 0.1) is 12.7 Å². The summed E-state index contributed by atoms with van der Waals surface area (Å²) in [4.78, 5) is 22.0. The van der Waals surface area contributed by atoms with Gasteiger partial charge in [-0.05, 0) is 43.9 Å². The first-order valence-electron chi connectivity index (χ1n) is 7.69. The number of nitrogens with zero attached hydrogens (tertiary/aromatic N) is 2. The Morgan fingerprint density at radius 1 is 1.41 bits per heavy atom. The summed E-state index contributed by atoms with van der Waals surface area (Å²) in [5.74, 6) is 0.772. The molecule has 1 fully saturated rings. The molecule has 1 amide bonds. The zero-order valence-electron chi connectivity index (χ0n) is 12.7. The summed E-state index contributed by atoms with van der Waals surface area (Å²) in [5.41, 5.74) is 2.00. The van der Waals surface area contributed by atoms with Crippen LogP contribution in [0.2, 0.25) is 0 Å². The van der Waals surface area contributed by atoms with Crippen molar-refractivity contribution < 1.29 is 9.18 Å². The first-order valence-corrected chi connectivity index (χ1v) is 7.69. The Hall–Kier alpha value is -2.17. The predicted octanol–water partition coefficient (Wildman–Crippen LogP) is 3.15. The monoisotopic (exact) mass is 301 g/mol. The number of amides is 1. The summed E-state index contributed by atoms with van der Waals surface area (Å²) in [6, 6.07) is 6.41. The van der Waals surface area contributed by atoms with Crippen molar-refractivity contribution in [2.75, 3.05) is 6.54 Å². The molecule has 5 heteroatoms. The van der Waals surface area contributed by atoms with Gasteiger partial charge < -0.3 is 9.88 Å². The third kappa shape index (κ3) is 3.18. The van der Waals surface area contributed by atoms with E-state index in [2.05, 4.69) is 9.97 Å². The second-order valence-electron chi connectivity index (χ2n) is 5.82. The zero-order valence-corrected chi connectivity index (χ0v) is 12.7. The van der Waals surface area contributed by atoms with Crippen molar-refractivity contribution in [3.8, 4) is 0 Å². The number of hydrogen-bond acceptors (Lipinski definition) is 2. The molecule has 1 aromatic carbocycles. The Balaban J connectivity index is 1.62. The van der Waals surface area contributed by atoms with Crippen LogP contribution in [0.1, 0.15) is 42.4 Å². The van der Waals surface area contributed by atoms with E-state index < -0.39 is 0 Å². The normalized spacial score (nSPS) is 17.9. The van der Waals surface area contributed by atoms with Crippen LogP contribution in [-0.2, 0) is 11.2 Å². The highest BCUT2D eigenvalue weighted by molar-refractivity contribution is 5.77. The maximum absolute atomic E-state index is 12.9. The number of halogens is 1. The summed E-state index contributed by atoms with van der Waals surface area (Å²) in [7, 11) is 0. The van der Waals surface area contributed by atoms with Crippen molar-refractivity contribution in [1.82, 2.24) is 14.9 Å². The molecule has 0 bridgehead atoms. The lowest BCUT2D eigenvalue weighted by molar-refractivity contribution is -0.132. The fourth-order valence-corrected chi connectivity index (χ4v) is 3.00. The standard InChI is InChI=1S/C17H20FN3O/c1-12-11-19-17(20-12)15-3-2-10-21(15)16(22)9-6-13-4-7-14(18)8-5-13/h4-5,7-8,11,15H,2-3,6,9-10H2,1H3,(H,19,20)/t15-/m0/s1. The van der Waals surface area contributed by atoms with Crippen LogP contribution in [0.3, 0.4) is 0 Å². The van der Waals surface area contributed by atoms with Gasteiger partial charge in [-0.1, -0.05) is 12.1 Å². The van der Waals surface area contributed by atoms with E-state index >= 15 is 0 Å². The van der Waals surface area contributed by atoms with Crippen LogP contribution in [0.15, 0.2) is 30.5 Å².